The first-order valence-electron chi connectivity index (χ1n) is 6.49. The van der Waals surface area contributed by atoms with E-state index in [0.29, 0.717) is 6.04 Å². The first-order valence-corrected chi connectivity index (χ1v) is 7.28. The second kappa shape index (κ2) is 6.55. The van der Waals surface area contributed by atoms with E-state index < -0.39 is 0 Å². The Bertz CT molecular complexity index is 360. The van der Waals surface area contributed by atoms with Gasteiger partial charge < -0.3 is 0 Å². The van der Waals surface area contributed by atoms with Crippen molar-refractivity contribution in [3.63, 3.8) is 0 Å². The van der Waals surface area contributed by atoms with Crippen molar-refractivity contribution in [2.24, 2.45) is 7.05 Å². The van der Waals surface area contributed by atoms with Crippen molar-refractivity contribution in [3.8, 4) is 0 Å². The molecule has 0 bridgehead atoms. The average Bonchev–Trinajstić information content (AvgIpc) is 2.61. The molecule has 0 aliphatic carbocycles. The predicted molar refractivity (Wildman–Crippen MR) is 76.1 cm³/mol. The summed E-state index contributed by atoms with van der Waals surface area (Å²) in [6, 6.07) is 0.617. The van der Waals surface area contributed by atoms with E-state index >= 15 is 0 Å². The van der Waals surface area contributed by atoms with Gasteiger partial charge in [-0.15, -0.1) is 0 Å². The number of aromatic nitrogens is 2. The standard InChI is InChI=1S/C13H24BrN3/c1-6-10(4)17(8-3)9-12-13(14)11(7-2)15-16(12)5/h10H,6-9H2,1-5H3. The molecule has 1 aromatic heterocycles. The van der Waals surface area contributed by atoms with Crippen molar-refractivity contribution in [1.29, 1.82) is 0 Å². The lowest BCUT2D eigenvalue weighted by Gasteiger charge is -2.26. The molecule has 3 nitrogen and oxygen atoms in total. The van der Waals surface area contributed by atoms with Crippen LogP contribution < -0.4 is 0 Å². The van der Waals surface area contributed by atoms with Crippen LogP contribution in [0.5, 0.6) is 0 Å². The Balaban J connectivity index is 2.89. The Morgan fingerprint density at radius 1 is 1.35 bits per heavy atom. The molecule has 0 saturated heterocycles. The molecule has 1 aromatic rings. The molecule has 0 spiro atoms. The Morgan fingerprint density at radius 2 is 2.00 bits per heavy atom. The second-order valence-corrected chi connectivity index (χ2v) is 5.30. The topological polar surface area (TPSA) is 21.1 Å². The van der Waals surface area contributed by atoms with Gasteiger partial charge in [0.25, 0.3) is 0 Å². The Hall–Kier alpha value is -0.350. The molecule has 0 amide bonds. The Labute approximate surface area is 113 Å². The molecule has 4 heteroatoms. The zero-order valence-corrected chi connectivity index (χ0v) is 13.2. The SMILES string of the molecule is CCc1nn(C)c(CN(CC)C(C)CC)c1Br. The van der Waals surface area contributed by atoms with Crippen molar-refractivity contribution < 1.29 is 0 Å². The third kappa shape index (κ3) is 3.32. The molecule has 0 radical (unpaired) electrons. The van der Waals surface area contributed by atoms with Crippen LogP contribution in [0.15, 0.2) is 4.47 Å². The van der Waals surface area contributed by atoms with E-state index in [1.807, 2.05) is 11.7 Å². The maximum absolute atomic E-state index is 4.54. The molecule has 98 valence electrons. The first-order chi connectivity index (χ1) is 8.04. The van der Waals surface area contributed by atoms with E-state index in [0.717, 1.165) is 25.2 Å². The fourth-order valence-electron chi connectivity index (χ4n) is 2.02. The average molecular weight is 302 g/mol. The molecule has 1 unspecified atom stereocenters. The number of nitrogens with zero attached hydrogens (tertiary/aromatic N) is 3. The molecule has 0 saturated carbocycles. The summed E-state index contributed by atoms with van der Waals surface area (Å²) in [4.78, 5) is 2.49. The third-order valence-corrected chi connectivity index (χ3v) is 4.39. The normalized spacial score (nSPS) is 13.4. The van der Waals surface area contributed by atoms with Gasteiger partial charge >= 0.3 is 0 Å². The van der Waals surface area contributed by atoms with Crippen LogP contribution in [0.2, 0.25) is 0 Å². The maximum atomic E-state index is 4.54. The number of hydrogen-bond acceptors (Lipinski definition) is 2. The van der Waals surface area contributed by atoms with Gasteiger partial charge in [-0.1, -0.05) is 20.8 Å². The summed E-state index contributed by atoms with van der Waals surface area (Å²) in [5.41, 5.74) is 2.44. The summed E-state index contributed by atoms with van der Waals surface area (Å²) in [6.07, 6.45) is 2.16. The minimum absolute atomic E-state index is 0.617. The van der Waals surface area contributed by atoms with E-state index in [4.69, 9.17) is 0 Å². The molecule has 17 heavy (non-hydrogen) atoms. The molecule has 0 N–H and O–H groups in total. The van der Waals surface area contributed by atoms with Gasteiger partial charge in [0.15, 0.2) is 0 Å². The lowest BCUT2D eigenvalue weighted by Crippen LogP contribution is -2.32. The summed E-state index contributed by atoms with van der Waals surface area (Å²) in [7, 11) is 2.03. The lowest BCUT2D eigenvalue weighted by molar-refractivity contribution is 0.200. The van der Waals surface area contributed by atoms with Gasteiger partial charge in [0.2, 0.25) is 0 Å². The molecule has 0 fully saturated rings. The molecule has 1 heterocycles. The van der Waals surface area contributed by atoms with Crippen LogP contribution in [0.3, 0.4) is 0 Å². The third-order valence-electron chi connectivity index (χ3n) is 3.48. The van der Waals surface area contributed by atoms with Gasteiger partial charge in [-0.25, -0.2) is 0 Å². The number of aryl methyl sites for hydroxylation is 2. The highest BCUT2D eigenvalue weighted by Gasteiger charge is 2.17. The molecular weight excluding hydrogens is 278 g/mol. The van der Waals surface area contributed by atoms with Crippen LogP contribution in [0.25, 0.3) is 0 Å². The smallest absolute Gasteiger partial charge is 0.0767 e. The summed E-state index contributed by atoms with van der Waals surface area (Å²) >= 11 is 3.68. The quantitative estimate of drug-likeness (QED) is 0.803. The summed E-state index contributed by atoms with van der Waals surface area (Å²) in [6.45, 7) is 10.9. The molecule has 0 aliphatic rings. The van der Waals surface area contributed by atoms with Crippen molar-refractivity contribution in [3.05, 3.63) is 15.9 Å². The van der Waals surface area contributed by atoms with Gasteiger partial charge in [-0.2, -0.15) is 5.10 Å². The van der Waals surface area contributed by atoms with E-state index in [9.17, 15) is 0 Å². The predicted octanol–water partition coefficient (Wildman–Crippen LogP) is 3.37. The monoisotopic (exact) mass is 301 g/mol. The summed E-state index contributed by atoms with van der Waals surface area (Å²) in [5, 5.41) is 4.54. The van der Waals surface area contributed by atoms with Crippen LogP contribution in [-0.2, 0) is 20.0 Å². The maximum Gasteiger partial charge on any atom is 0.0767 e. The Kier molecular flexibility index (Phi) is 5.67. The van der Waals surface area contributed by atoms with Crippen molar-refractivity contribution >= 4 is 15.9 Å². The van der Waals surface area contributed by atoms with Crippen molar-refractivity contribution in [2.75, 3.05) is 6.54 Å². The van der Waals surface area contributed by atoms with Crippen LogP contribution >= 0.6 is 15.9 Å². The number of hydrogen-bond donors (Lipinski definition) is 0. The minimum atomic E-state index is 0.617. The molecule has 0 aliphatic heterocycles. The molecular formula is C13H24BrN3. The summed E-state index contributed by atoms with van der Waals surface area (Å²) in [5.74, 6) is 0. The minimum Gasteiger partial charge on any atom is -0.295 e. The van der Waals surface area contributed by atoms with Gasteiger partial charge in [0.05, 0.1) is 15.9 Å². The van der Waals surface area contributed by atoms with Gasteiger partial charge in [0.1, 0.15) is 0 Å². The first kappa shape index (κ1) is 14.7. The van der Waals surface area contributed by atoms with Gasteiger partial charge in [-0.3, -0.25) is 9.58 Å². The van der Waals surface area contributed by atoms with E-state index in [1.165, 1.54) is 16.6 Å². The van der Waals surface area contributed by atoms with Crippen LogP contribution in [0.4, 0.5) is 0 Å². The number of rotatable bonds is 6. The van der Waals surface area contributed by atoms with Crippen LogP contribution in [-0.4, -0.2) is 27.3 Å². The van der Waals surface area contributed by atoms with Crippen LogP contribution in [0, 0.1) is 0 Å². The highest BCUT2D eigenvalue weighted by atomic mass is 79.9. The van der Waals surface area contributed by atoms with Crippen LogP contribution in [0.1, 0.15) is 45.5 Å². The zero-order chi connectivity index (χ0) is 13.0. The van der Waals surface area contributed by atoms with Gasteiger partial charge in [-0.05, 0) is 42.2 Å². The van der Waals surface area contributed by atoms with Crippen molar-refractivity contribution in [2.45, 2.75) is 53.1 Å². The lowest BCUT2D eigenvalue weighted by atomic mass is 10.2. The fourth-order valence-corrected chi connectivity index (χ4v) is 2.76. The Morgan fingerprint density at radius 3 is 2.41 bits per heavy atom. The zero-order valence-electron chi connectivity index (χ0n) is 11.6. The number of halogens is 1. The molecule has 1 atom stereocenters. The fraction of sp³-hybridized carbons (Fsp3) is 0.769. The second-order valence-electron chi connectivity index (χ2n) is 4.50. The van der Waals surface area contributed by atoms with E-state index in [1.54, 1.807) is 0 Å². The van der Waals surface area contributed by atoms with E-state index in [-0.39, 0.29) is 0 Å². The van der Waals surface area contributed by atoms with Crippen molar-refractivity contribution in [1.82, 2.24) is 14.7 Å². The largest absolute Gasteiger partial charge is 0.295 e. The molecule has 1 rings (SSSR count). The van der Waals surface area contributed by atoms with Gasteiger partial charge in [0, 0.05) is 19.6 Å². The molecule has 0 aromatic carbocycles. The summed E-state index contributed by atoms with van der Waals surface area (Å²) < 4.78 is 3.19. The highest BCUT2D eigenvalue weighted by Crippen LogP contribution is 2.23. The van der Waals surface area contributed by atoms with E-state index in [2.05, 4.69) is 53.6 Å². The highest BCUT2D eigenvalue weighted by molar-refractivity contribution is 9.10.